The van der Waals surface area contributed by atoms with E-state index >= 15 is 0 Å². The number of carbonyl (C=O) groups excluding carboxylic acids is 3. The Morgan fingerprint density at radius 1 is 1.08 bits per heavy atom. The van der Waals surface area contributed by atoms with Gasteiger partial charge in [0.05, 0.1) is 38.4 Å². The topological polar surface area (TPSA) is 161 Å². The SMILES string of the molecule is COC(=O)NC(C(=O)NC(Cc1ccc(-c2cccnc2)cc1)C(O)CN(Cc1cc(Cl)ccc1F)NC(=O)OC1COC2OCCC12)C(C)(C)C. The molecule has 2 aliphatic heterocycles. The number of rotatable bonds is 13. The van der Waals surface area contributed by atoms with Gasteiger partial charge in [0.2, 0.25) is 5.91 Å². The molecule has 13 nitrogen and oxygen atoms in total. The average Bonchev–Trinajstić information content (AvgIpc) is 3.73. The minimum absolute atomic E-state index is 0.117. The third-order valence-corrected chi connectivity index (χ3v) is 9.28. The molecule has 1 aromatic heterocycles. The predicted octanol–water partition coefficient (Wildman–Crippen LogP) is 4.60. The number of nitrogens with one attached hydrogen (secondary N) is 3. The molecular formula is C37H45ClFN5O8. The van der Waals surface area contributed by atoms with Gasteiger partial charge in [-0.25, -0.2) is 19.0 Å². The third-order valence-electron chi connectivity index (χ3n) is 9.04. The van der Waals surface area contributed by atoms with Gasteiger partial charge in [0.15, 0.2) is 6.29 Å². The molecule has 6 unspecified atom stereocenters. The Morgan fingerprint density at radius 2 is 1.85 bits per heavy atom. The van der Waals surface area contributed by atoms with Crippen LogP contribution in [0.5, 0.6) is 0 Å². The van der Waals surface area contributed by atoms with Crippen LogP contribution in [0.1, 0.15) is 38.3 Å². The molecule has 3 aromatic rings. The van der Waals surface area contributed by atoms with Crippen molar-refractivity contribution in [1.82, 2.24) is 26.1 Å². The van der Waals surface area contributed by atoms with Crippen LogP contribution in [0.3, 0.4) is 0 Å². The number of nitrogens with zero attached hydrogens (tertiary/aromatic N) is 2. The van der Waals surface area contributed by atoms with Gasteiger partial charge in [-0.05, 0) is 59.2 Å². The van der Waals surface area contributed by atoms with Gasteiger partial charge >= 0.3 is 12.2 Å². The molecule has 2 fully saturated rings. The zero-order valence-electron chi connectivity index (χ0n) is 29.5. The summed E-state index contributed by atoms with van der Waals surface area (Å²) in [6.45, 7) is 5.51. The summed E-state index contributed by atoms with van der Waals surface area (Å²) in [6.07, 6.45) is 0.295. The van der Waals surface area contributed by atoms with E-state index in [2.05, 4.69) is 21.0 Å². The number of methoxy groups -OCH3 is 1. The van der Waals surface area contributed by atoms with Crippen LogP contribution >= 0.6 is 11.6 Å². The number of hydrazine groups is 1. The number of aliphatic hydroxyl groups is 1. The Hall–Kier alpha value is -4.34. The normalized spacial score (nSPS) is 20.0. The van der Waals surface area contributed by atoms with E-state index in [0.29, 0.717) is 13.0 Å². The van der Waals surface area contributed by atoms with E-state index in [1.54, 1.807) is 33.2 Å². The van der Waals surface area contributed by atoms with Crippen molar-refractivity contribution >= 4 is 29.7 Å². The fourth-order valence-corrected chi connectivity index (χ4v) is 6.43. The van der Waals surface area contributed by atoms with Crippen molar-refractivity contribution in [1.29, 1.82) is 0 Å². The maximum atomic E-state index is 15.0. The number of alkyl carbamates (subject to hydrolysis) is 1. The molecule has 0 spiro atoms. The molecule has 2 aromatic carbocycles. The largest absolute Gasteiger partial charge is 0.453 e. The molecular weight excluding hydrogens is 697 g/mol. The predicted molar refractivity (Wildman–Crippen MR) is 189 cm³/mol. The summed E-state index contributed by atoms with van der Waals surface area (Å²) in [7, 11) is 1.20. The van der Waals surface area contributed by atoms with Crippen molar-refractivity contribution in [3.8, 4) is 11.1 Å². The van der Waals surface area contributed by atoms with Crippen LogP contribution in [0.25, 0.3) is 11.1 Å². The molecule has 3 amide bonds. The van der Waals surface area contributed by atoms with E-state index < -0.39 is 59.9 Å². The first-order valence-corrected chi connectivity index (χ1v) is 17.4. The molecule has 280 valence electrons. The standard InChI is InChI=1S/C37H45ClFN5O8/c1-37(2,3)32(42-35(47)49-4)33(46)41-29(16-22-7-9-23(10-8-22)24-6-5-14-40-18-24)30(45)20-44(19-25-17-26(38)11-12-28(25)39)43-36(48)52-31-21-51-34-27(31)13-15-50-34/h5-12,14,17-18,27,29-32,34,45H,13,15-16,19-21H2,1-4H3,(H,41,46)(H,42,47)(H,43,48). The van der Waals surface area contributed by atoms with Gasteiger partial charge in [0, 0.05) is 36.1 Å². The number of hydrogen-bond acceptors (Lipinski definition) is 10. The van der Waals surface area contributed by atoms with Gasteiger partial charge in [-0.15, -0.1) is 0 Å². The Bertz CT molecular complexity index is 1680. The Labute approximate surface area is 307 Å². The summed E-state index contributed by atoms with van der Waals surface area (Å²) in [5, 5.41) is 18.9. The fourth-order valence-electron chi connectivity index (χ4n) is 6.24. The number of aliphatic hydroxyl groups excluding tert-OH is 1. The van der Waals surface area contributed by atoms with Crippen LogP contribution < -0.4 is 16.1 Å². The first-order valence-electron chi connectivity index (χ1n) is 17.0. The van der Waals surface area contributed by atoms with Crippen LogP contribution in [-0.2, 0) is 36.7 Å². The van der Waals surface area contributed by atoms with Crippen molar-refractivity contribution in [2.45, 2.75) is 70.7 Å². The van der Waals surface area contributed by atoms with Crippen molar-refractivity contribution in [2.24, 2.45) is 11.3 Å². The van der Waals surface area contributed by atoms with Crippen LogP contribution in [0.15, 0.2) is 67.0 Å². The highest BCUT2D eigenvalue weighted by atomic mass is 35.5. The highest BCUT2D eigenvalue weighted by Crippen LogP contribution is 2.33. The van der Waals surface area contributed by atoms with Gasteiger partial charge < -0.3 is 34.7 Å². The number of fused-ring (bicyclic) bond motifs is 1. The van der Waals surface area contributed by atoms with Gasteiger partial charge in [0.25, 0.3) is 0 Å². The van der Waals surface area contributed by atoms with Crippen LogP contribution in [0.2, 0.25) is 5.02 Å². The van der Waals surface area contributed by atoms with Crippen molar-refractivity contribution in [3.63, 3.8) is 0 Å². The second kappa shape index (κ2) is 17.5. The molecule has 0 bridgehead atoms. The first kappa shape index (κ1) is 38.9. The van der Waals surface area contributed by atoms with E-state index in [0.717, 1.165) is 16.7 Å². The second-order valence-electron chi connectivity index (χ2n) is 14.0. The lowest BCUT2D eigenvalue weighted by molar-refractivity contribution is -0.127. The van der Waals surface area contributed by atoms with Crippen molar-refractivity contribution < 1.29 is 42.8 Å². The third kappa shape index (κ3) is 10.4. The number of ether oxygens (including phenoxy) is 4. The Morgan fingerprint density at radius 3 is 2.54 bits per heavy atom. The molecule has 0 aliphatic carbocycles. The molecule has 0 radical (unpaired) electrons. The highest BCUT2D eigenvalue weighted by Gasteiger charge is 2.44. The molecule has 2 saturated heterocycles. The van der Waals surface area contributed by atoms with Gasteiger partial charge in [-0.1, -0.05) is 62.7 Å². The Balaban J connectivity index is 1.39. The van der Waals surface area contributed by atoms with E-state index in [9.17, 15) is 23.9 Å². The fraction of sp³-hybridized carbons (Fsp3) is 0.459. The van der Waals surface area contributed by atoms with Gasteiger partial charge in [-0.3, -0.25) is 15.2 Å². The lowest BCUT2D eigenvalue weighted by Gasteiger charge is -2.34. The number of carbonyl (C=O) groups is 3. The maximum Gasteiger partial charge on any atom is 0.422 e. The Kier molecular flexibility index (Phi) is 13.0. The number of benzene rings is 2. The zero-order chi connectivity index (χ0) is 37.4. The summed E-state index contributed by atoms with van der Waals surface area (Å²) in [4.78, 5) is 43.4. The molecule has 3 heterocycles. The number of hydrogen-bond donors (Lipinski definition) is 4. The van der Waals surface area contributed by atoms with Crippen LogP contribution in [0.4, 0.5) is 14.0 Å². The van der Waals surface area contributed by atoms with Gasteiger partial charge in [-0.2, -0.15) is 0 Å². The zero-order valence-corrected chi connectivity index (χ0v) is 30.3. The van der Waals surface area contributed by atoms with E-state index in [-0.39, 0.29) is 42.6 Å². The molecule has 6 atom stereocenters. The molecule has 2 aliphatic rings. The summed E-state index contributed by atoms with van der Waals surface area (Å²) in [5.41, 5.74) is 4.67. The lowest BCUT2D eigenvalue weighted by atomic mass is 9.85. The molecule has 4 N–H and O–H groups in total. The molecule has 15 heteroatoms. The quantitative estimate of drug-likeness (QED) is 0.182. The monoisotopic (exact) mass is 741 g/mol. The number of halogens is 2. The van der Waals surface area contributed by atoms with Crippen LogP contribution in [-0.4, -0.2) is 90.6 Å². The maximum absolute atomic E-state index is 15.0. The minimum Gasteiger partial charge on any atom is -0.453 e. The van der Waals surface area contributed by atoms with E-state index in [1.165, 1.54) is 30.3 Å². The van der Waals surface area contributed by atoms with E-state index in [1.807, 2.05) is 36.4 Å². The second-order valence-corrected chi connectivity index (χ2v) is 14.4. The first-order chi connectivity index (χ1) is 24.8. The minimum atomic E-state index is -1.34. The molecule has 0 saturated carbocycles. The molecule has 52 heavy (non-hydrogen) atoms. The number of amides is 3. The summed E-state index contributed by atoms with van der Waals surface area (Å²) in [6, 6.07) is 13.4. The number of aromatic nitrogens is 1. The van der Waals surface area contributed by atoms with Gasteiger partial charge in [0.1, 0.15) is 18.0 Å². The van der Waals surface area contributed by atoms with E-state index in [4.69, 9.17) is 30.5 Å². The summed E-state index contributed by atoms with van der Waals surface area (Å²) >= 11 is 6.18. The average molecular weight is 742 g/mol. The smallest absolute Gasteiger partial charge is 0.422 e. The highest BCUT2D eigenvalue weighted by molar-refractivity contribution is 6.30. The number of pyridine rings is 1. The summed E-state index contributed by atoms with van der Waals surface area (Å²) < 4.78 is 36.5. The van der Waals surface area contributed by atoms with Crippen LogP contribution in [0, 0.1) is 17.2 Å². The summed E-state index contributed by atoms with van der Waals surface area (Å²) in [5.74, 6) is -1.26. The van der Waals surface area contributed by atoms with Crippen molar-refractivity contribution in [3.05, 3.63) is 89.0 Å². The molecule has 5 rings (SSSR count). The lowest BCUT2D eigenvalue weighted by Crippen LogP contribution is -2.59. The van der Waals surface area contributed by atoms with Crippen molar-refractivity contribution in [2.75, 3.05) is 26.9 Å².